The number of carbonyl (C=O) groups is 3. The van der Waals surface area contributed by atoms with Crippen molar-refractivity contribution in [2.75, 3.05) is 18.5 Å². The Kier molecular flexibility index (Phi) is 4.16. The number of nitrogens with one attached hydrogen (secondary N) is 3. The lowest BCUT2D eigenvalue weighted by Crippen LogP contribution is -2.62. The molecule has 0 saturated carbocycles. The summed E-state index contributed by atoms with van der Waals surface area (Å²) in [5, 5.41) is 17.1. The summed E-state index contributed by atoms with van der Waals surface area (Å²) in [6, 6.07) is 6.82. The number of nitrogens with zero attached hydrogens (tertiary/aromatic N) is 1. The van der Waals surface area contributed by atoms with Crippen LogP contribution in [-0.4, -0.2) is 59.1 Å². The predicted octanol–water partition coefficient (Wildman–Crippen LogP) is -0.732. The number of amides is 4. The van der Waals surface area contributed by atoms with Crippen LogP contribution in [0.1, 0.15) is 6.42 Å². The van der Waals surface area contributed by atoms with E-state index < -0.39 is 18.7 Å². The fourth-order valence-electron chi connectivity index (χ4n) is 2.96. The summed E-state index contributed by atoms with van der Waals surface area (Å²) < 4.78 is 0. The van der Waals surface area contributed by atoms with Gasteiger partial charge in [0.15, 0.2) is 0 Å². The molecule has 8 heteroatoms. The van der Waals surface area contributed by atoms with Crippen molar-refractivity contribution < 1.29 is 19.5 Å². The van der Waals surface area contributed by atoms with Crippen molar-refractivity contribution in [3.63, 3.8) is 0 Å². The van der Waals surface area contributed by atoms with Crippen LogP contribution in [0.15, 0.2) is 30.3 Å². The summed E-state index contributed by atoms with van der Waals surface area (Å²) in [7, 11) is 0. The molecule has 2 aliphatic rings. The van der Waals surface area contributed by atoms with Crippen LogP contribution in [0.25, 0.3) is 0 Å². The van der Waals surface area contributed by atoms with Crippen LogP contribution < -0.4 is 16.0 Å². The van der Waals surface area contributed by atoms with E-state index in [9.17, 15) is 14.4 Å². The highest BCUT2D eigenvalue weighted by Crippen LogP contribution is 2.22. The summed E-state index contributed by atoms with van der Waals surface area (Å²) in [6.07, 6.45) is 0.359. The topological polar surface area (TPSA) is 111 Å². The molecular formula is C15H18N4O4. The van der Waals surface area contributed by atoms with Gasteiger partial charge >= 0.3 is 6.03 Å². The van der Waals surface area contributed by atoms with Gasteiger partial charge in [-0.05, 0) is 18.6 Å². The zero-order chi connectivity index (χ0) is 16.4. The van der Waals surface area contributed by atoms with Gasteiger partial charge in [-0.25, -0.2) is 4.79 Å². The van der Waals surface area contributed by atoms with E-state index in [1.54, 1.807) is 12.1 Å². The van der Waals surface area contributed by atoms with Gasteiger partial charge in [-0.15, -0.1) is 0 Å². The van der Waals surface area contributed by atoms with E-state index in [-0.39, 0.29) is 30.4 Å². The van der Waals surface area contributed by atoms with Crippen molar-refractivity contribution in [3.8, 4) is 0 Å². The number of anilines is 1. The highest BCUT2D eigenvalue weighted by Gasteiger charge is 2.46. The molecule has 0 aliphatic carbocycles. The fraction of sp³-hybridized carbons (Fsp3) is 0.400. The number of benzene rings is 1. The maximum Gasteiger partial charge on any atom is 0.319 e. The minimum Gasteiger partial charge on any atom is -0.394 e. The summed E-state index contributed by atoms with van der Waals surface area (Å²) in [6.45, 7) is -0.171. The monoisotopic (exact) mass is 318 g/mol. The first-order valence-electron chi connectivity index (χ1n) is 7.43. The lowest BCUT2D eigenvalue weighted by atomic mass is 10.1. The van der Waals surface area contributed by atoms with Crippen LogP contribution in [0.2, 0.25) is 0 Å². The largest absolute Gasteiger partial charge is 0.394 e. The Morgan fingerprint density at radius 1 is 1.30 bits per heavy atom. The number of para-hydroxylation sites is 1. The molecule has 2 aliphatic heterocycles. The standard InChI is InChI=1S/C15H18N4O4/c20-8-11-14(22)19-7-10(6-12(19)13(21)18-11)17-15(23)16-9-4-2-1-3-5-9/h1-5,10-12,20H,6-8H2,(H,18,21)(H2,16,17,23)/t10-,11+,12-/m0/s1. The first kappa shape index (κ1) is 15.3. The molecular weight excluding hydrogens is 300 g/mol. The molecule has 3 atom stereocenters. The van der Waals surface area contributed by atoms with Crippen molar-refractivity contribution >= 4 is 23.5 Å². The molecule has 1 aromatic carbocycles. The number of aliphatic hydroxyl groups is 1. The third-order valence-electron chi connectivity index (χ3n) is 4.05. The molecule has 8 nitrogen and oxygen atoms in total. The first-order valence-corrected chi connectivity index (χ1v) is 7.43. The SMILES string of the molecule is O=C(Nc1ccccc1)N[C@H]1C[C@H]2C(=O)N[C@H](CO)C(=O)N2C1. The Hall–Kier alpha value is -2.61. The van der Waals surface area contributed by atoms with E-state index in [4.69, 9.17) is 5.11 Å². The molecule has 4 N–H and O–H groups in total. The van der Waals surface area contributed by atoms with Crippen molar-refractivity contribution in [2.24, 2.45) is 0 Å². The second kappa shape index (κ2) is 6.25. The molecule has 2 fully saturated rings. The third kappa shape index (κ3) is 3.11. The van der Waals surface area contributed by atoms with Crippen molar-refractivity contribution in [1.29, 1.82) is 0 Å². The number of carbonyl (C=O) groups excluding carboxylic acids is 3. The number of aliphatic hydroxyl groups excluding tert-OH is 1. The Bertz CT molecular complexity index is 621. The molecule has 2 heterocycles. The van der Waals surface area contributed by atoms with Gasteiger partial charge in [-0.2, -0.15) is 0 Å². The van der Waals surface area contributed by atoms with E-state index >= 15 is 0 Å². The van der Waals surface area contributed by atoms with Gasteiger partial charge in [-0.3, -0.25) is 9.59 Å². The lowest BCUT2D eigenvalue weighted by Gasteiger charge is -2.33. The van der Waals surface area contributed by atoms with Crippen molar-refractivity contribution in [1.82, 2.24) is 15.5 Å². The average Bonchev–Trinajstić information content (AvgIpc) is 2.96. The summed E-state index contributed by atoms with van der Waals surface area (Å²) in [5.74, 6) is -0.610. The number of hydrogen-bond donors (Lipinski definition) is 4. The smallest absolute Gasteiger partial charge is 0.319 e. The number of rotatable bonds is 3. The summed E-state index contributed by atoms with van der Waals surface area (Å²) in [5.41, 5.74) is 0.662. The molecule has 0 spiro atoms. The third-order valence-corrected chi connectivity index (χ3v) is 4.05. The highest BCUT2D eigenvalue weighted by atomic mass is 16.3. The number of fused-ring (bicyclic) bond motifs is 1. The molecule has 122 valence electrons. The summed E-state index contributed by atoms with van der Waals surface area (Å²) >= 11 is 0. The van der Waals surface area contributed by atoms with Gasteiger partial charge in [0.05, 0.1) is 12.6 Å². The number of hydrogen-bond acceptors (Lipinski definition) is 4. The maximum absolute atomic E-state index is 12.1. The van der Waals surface area contributed by atoms with Gasteiger partial charge in [0.1, 0.15) is 12.1 Å². The van der Waals surface area contributed by atoms with Crippen LogP contribution >= 0.6 is 0 Å². The highest BCUT2D eigenvalue weighted by molar-refractivity contribution is 5.98. The van der Waals surface area contributed by atoms with E-state index in [1.807, 2.05) is 18.2 Å². The van der Waals surface area contributed by atoms with Gasteiger partial charge in [0.2, 0.25) is 11.8 Å². The van der Waals surface area contributed by atoms with Crippen LogP contribution in [-0.2, 0) is 9.59 Å². The Morgan fingerprint density at radius 3 is 2.74 bits per heavy atom. The molecule has 0 bridgehead atoms. The number of urea groups is 1. The van der Waals surface area contributed by atoms with Gasteiger partial charge < -0.3 is 26.0 Å². The van der Waals surface area contributed by atoms with E-state index in [2.05, 4.69) is 16.0 Å². The lowest BCUT2D eigenvalue weighted by molar-refractivity contribution is -0.148. The second-order valence-electron chi connectivity index (χ2n) is 5.65. The molecule has 3 rings (SSSR count). The van der Waals surface area contributed by atoms with Crippen LogP contribution in [0.4, 0.5) is 10.5 Å². The van der Waals surface area contributed by atoms with Crippen molar-refractivity contribution in [2.45, 2.75) is 24.5 Å². The first-order chi connectivity index (χ1) is 11.1. The molecule has 0 aromatic heterocycles. The minimum absolute atomic E-state index is 0.260. The maximum atomic E-state index is 12.1. The van der Waals surface area contributed by atoms with E-state index in [0.717, 1.165) is 0 Å². The van der Waals surface area contributed by atoms with E-state index in [1.165, 1.54) is 4.90 Å². The second-order valence-corrected chi connectivity index (χ2v) is 5.65. The predicted molar refractivity (Wildman–Crippen MR) is 81.5 cm³/mol. The average molecular weight is 318 g/mol. The molecule has 2 saturated heterocycles. The Balaban J connectivity index is 1.60. The Morgan fingerprint density at radius 2 is 2.04 bits per heavy atom. The van der Waals surface area contributed by atoms with Gasteiger partial charge in [-0.1, -0.05) is 18.2 Å². The minimum atomic E-state index is -0.893. The zero-order valence-electron chi connectivity index (χ0n) is 12.4. The fourth-order valence-corrected chi connectivity index (χ4v) is 2.96. The van der Waals surface area contributed by atoms with E-state index in [0.29, 0.717) is 12.1 Å². The van der Waals surface area contributed by atoms with Crippen molar-refractivity contribution in [3.05, 3.63) is 30.3 Å². The van der Waals surface area contributed by atoms with Gasteiger partial charge in [0, 0.05) is 12.2 Å². The van der Waals surface area contributed by atoms with Gasteiger partial charge in [0.25, 0.3) is 0 Å². The molecule has 0 unspecified atom stereocenters. The Labute approximate surface area is 132 Å². The molecule has 0 radical (unpaired) electrons. The molecule has 23 heavy (non-hydrogen) atoms. The normalized spacial score (nSPS) is 26.5. The van der Waals surface area contributed by atoms with Crippen LogP contribution in [0, 0.1) is 0 Å². The zero-order valence-corrected chi connectivity index (χ0v) is 12.4. The van der Waals surface area contributed by atoms with Crippen LogP contribution in [0.5, 0.6) is 0 Å². The van der Waals surface area contributed by atoms with Crippen LogP contribution in [0.3, 0.4) is 0 Å². The number of piperazine rings is 1. The molecule has 1 aromatic rings. The molecule has 4 amide bonds. The quantitative estimate of drug-likeness (QED) is 0.589. The summed E-state index contributed by atoms with van der Waals surface area (Å²) in [4.78, 5) is 37.5.